The molecule has 5 heteroatoms. The lowest BCUT2D eigenvalue weighted by Gasteiger charge is -2.10. The summed E-state index contributed by atoms with van der Waals surface area (Å²) in [5.74, 6) is 1.26. The highest BCUT2D eigenvalue weighted by Crippen LogP contribution is 2.24. The number of amides is 1. The predicted molar refractivity (Wildman–Crippen MR) is 79.3 cm³/mol. The molecule has 1 heterocycles. The van der Waals surface area contributed by atoms with Gasteiger partial charge in [-0.25, -0.2) is 0 Å². The van der Waals surface area contributed by atoms with E-state index in [-0.39, 0.29) is 12.3 Å². The van der Waals surface area contributed by atoms with Gasteiger partial charge < -0.3 is 14.8 Å². The molecule has 0 atom stereocenters. The Bertz CT molecular complexity index is 600. The number of nitrogens with zero attached hydrogens (tertiary/aromatic N) is 1. The Morgan fingerprint density at radius 1 is 1.19 bits per heavy atom. The van der Waals surface area contributed by atoms with Gasteiger partial charge in [0.1, 0.15) is 11.5 Å². The first-order valence-corrected chi connectivity index (χ1v) is 6.60. The summed E-state index contributed by atoms with van der Waals surface area (Å²) in [6, 6.07) is 11.0. The van der Waals surface area contributed by atoms with Crippen molar-refractivity contribution in [3.05, 3.63) is 53.9 Å². The molecule has 1 aromatic heterocycles. The number of aromatic nitrogens is 1. The van der Waals surface area contributed by atoms with E-state index in [2.05, 4.69) is 10.3 Å². The van der Waals surface area contributed by atoms with Crippen LogP contribution in [0.1, 0.15) is 11.3 Å². The van der Waals surface area contributed by atoms with Gasteiger partial charge in [-0.1, -0.05) is 12.1 Å². The molecule has 0 fully saturated rings. The van der Waals surface area contributed by atoms with Gasteiger partial charge in [0.25, 0.3) is 0 Å². The predicted octanol–water partition coefficient (Wildman–Crippen LogP) is 1.96. The van der Waals surface area contributed by atoms with Crippen LogP contribution in [0, 0.1) is 0 Å². The van der Waals surface area contributed by atoms with Gasteiger partial charge in [0, 0.05) is 17.8 Å². The third kappa shape index (κ3) is 4.21. The minimum atomic E-state index is -0.0795. The van der Waals surface area contributed by atoms with E-state index in [1.165, 1.54) is 0 Å². The molecule has 0 aliphatic heterocycles. The van der Waals surface area contributed by atoms with Crippen molar-refractivity contribution < 1.29 is 14.3 Å². The highest BCUT2D eigenvalue weighted by atomic mass is 16.5. The first-order valence-electron chi connectivity index (χ1n) is 6.60. The molecule has 110 valence electrons. The van der Waals surface area contributed by atoms with Gasteiger partial charge in [-0.2, -0.15) is 0 Å². The number of methoxy groups -OCH3 is 2. The molecular formula is C16H18N2O3. The number of benzene rings is 1. The summed E-state index contributed by atoms with van der Waals surface area (Å²) < 4.78 is 10.4. The summed E-state index contributed by atoms with van der Waals surface area (Å²) in [5, 5.41) is 2.84. The Morgan fingerprint density at radius 2 is 2.05 bits per heavy atom. The average Bonchev–Trinajstić information content (AvgIpc) is 2.54. The topological polar surface area (TPSA) is 60.5 Å². The molecule has 0 saturated heterocycles. The minimum absolute atomic E-state index is 0.0795. The highest BCUT2D eigenvalue weighted by molar-refractivity contribution is 5.79. The molecular weight excluding hydrogens is 268 g/mol. The molecule has 0 aliphatic rings. The van der Waals surface area contributed by atoms with Gasteiger partial charge in [0.05, 0.1) is 32.9 Å². The molecule has 1 N–H and O–H groups in total. The number of ether oxygens (including phenoxy) is 2. The number of rotatable bonds is 6. The largest absolute Gasteiger partial charge is 0.497 e. The summed E-state index contributed by atoms with van der Waals surface area (Å²) in [6.07, 6.45) is 1.95. The van der Waals surface area contributed by atoms with E-state index in [1.54, 1.807) is 26.5 Å². The number of nitrogens with one attached hydrogen (secondary N) is 1. The summed E-state index contributed by atoms with van der Waals surface area (Å²) in [4.78, 5) is 16.1. The number of hydrogen-bond acceptors (Lipinski definition) is 4. The van der Waals surface area contributed by atoms with E-state index in [4.69, 9.17) is 9.47 Å². The summed E-state index contributed by atoms with van der Waals surface area (Å²) in [6.45, 7) is 0.415. The second-order valence-electron chi connectivity index (χ2n) is 4.45. The van der Waals surface area contributed by atoms with Crippen LogP contribution in [0.2, 0.25) is 0 Å². The van der Waals surface area contributed by atoms with Crippen molar-refractivity contribution in [3.63, 3.8) is 0 Å². The second kappa shape index (κ2) is 7.28. The van der Waals surface area contributed by atoms with Crippen LogP contribution in [-0.4, -0.2) is 25.1 Å². The molecule has 0 radical (unpaired) electrons. The molecule has 0 unspecified atom stereocenters. The second-order valence-corrected chi connectivity index (χ2v) is 4.45. The summed E-state index contributed by atoms with van der Waals surface area (Å²) in [7, 11) is 3.16. The molecule has 5 nitrogen and oxygen atoms in total. The van der Waals surface area contributed by atoms with Gasteiger partial charge in [-0.05, 0) is 18.2 Å². The molecule has 1 amide bonds. The highest BCUT2D eigenvalue weighted by Gasteiger charge is 2.10. The van der Waals surface area contributed by atoms with Crippen molar-refractivity contribution in [3.8, 4) is 11.5 Å². The molecule has 0 spiro atoms. The maximum Gasteiger partial charge on any atom is 0.224 e. The number of hydrogen-bond donors (Lipinski definition) is 1. The first kappa shape index (κ1) is 14.8. The van der Waals surface area contributed by atoms with Gasteiger partial charge in [-0.3, -0.25) is 9.78 Å². The van der Waals surface area contributed by atoms with Crippen LogP contribution in [0.4, 0.5) is 0 Å². The fourth-order valence-electron chi connectivity index (χ4n) is 1.93. The lowest BCUT2D eigenvalue weighted by atomic mass is 10.1. The van der Waals surface area contributed by atoms with E-state index in [9.17, 15) is 4.79 Å². The standard InChI is InChI=1S/C16H18N2O3/c1-20-14-7-6-12(15(10-14)21-2)9-16(19)18-11-13-5-3-4-8-17-13/h3-8,10H,9,11H2,1-2H3,(H,18,19). The quantitative estimate of drug-likeness (QED) is 0.882. The van der Waals surface area contributed by atoms with Crippen molar-refractivity contribution in [1.82, 2.24) is 10.3 Å². The smallest absolute Gasteiger partial charge is 0.224 e. The van der Waals surface area contributed by atoms with Crippen LogP contribution in [0.3, 0.4) is 0 Å². The Labute approximate surface area is 123 Å². The van der Waals surface area contributed by atoms with E-state index >= 15 is 0 Å². The Balaban J connectivity index is 1.96. The average molecular weight is 286 g/mol. The molecule has 0 saturated carbocycles. The van der Waals surface area contributed by atoms with Gasteiger partial charge in [0.2, 0.25) is 5.91 Å². The van der Waals surface area contributed by atoms with Crippen LogP contribution < -0.4 is 14.8 Å². The van der Waals surface area contributed by atoms with E-state index in [0.29, 0.717) is 18.0 Å². The van der Waals surface area contributed by atoms with Crippen LogP contribution in [0.25, 0.3) is 0 Å². The number of carbonyl (C=O) groups is 1. The monoisotopic (exact) mass is 286 g/mol. The van der Waals surface area contributed by atoms with Crippen molar-refractivity contribution in [2.45, 2.75) is 13.0 Å². The van der Waals surface area contributed by atoms with E-state index in [1.807, 2.05) is 30.3 Å². The molecule has 1 aromatic carbocycles. The molecule has 0 aliphatic carbocycles. The van der Waals surface area contributed by atoms with E-state index < -0.39 is 0 Å². The molecule has 2 rings (SSSR count). The van der Waals surface area contributed by atoms with Crippen molar-refractivity contribution in [2.24, 2.45) is 0 Å². The van der Waals surface area contributed by atoms with Gasteiger partial charge in [0.15, 0.2) is 0 Å². The van der Waals surface area contributed by atoms with E-state index in [0.717, 1.165) is 11.3 Å². The van der Waals surface area contributed by atoms with Crippen molar-refractivity contribution in [1.29, 1.82) is 0 Å². The van der Waals surface area contributed by atoms with Crippen LogP contribution >= 0.6 is 0 Å². The Hall–Kier alpha value is -2.56. The van der Waals surface area contributed by atoms with Gasteiger partial charge >= 0.3 is 0 Å². The maximum absolute atomic E-state index is 12.0. The van der Waals surface area contributed by atoms with Crippen molar-refractivity contribution >= 4 is 5.91 Å². The lowest BCUT2D eigenvalue weighted by molar-refractivity contribution is -0.120. The summed E-state index contributed by atoms with van der Waals surface area (Å²) in [5.41, 5.74) is 1.64. The SMILES string of the molecule is COc1ccc(CC(=O)NCc2ccccn2)c(OC)c1. The fraction of sp³-hybridized carbons (Fsp3) is 0.250. The molecule has 0 bridgehead atoms. The fourth-order valence-corrected chi connectivity index (χ4v) is 1.93. The zero-order valence-electron chi connectivity index (χ0n) is 12.1. The Morgan fingerprint density at radius 3 is 2.71 bits per heavy atom. The Kier molecular flexibility index (Phi) is 5.15. The van der Waals surface area contributed by atoms with Crippen LogP contribution in [0.5, 0.6) is 11.5 Å². The van der Waals surface area contributed by atoms with Crippen LogP contribution in [0.15, 0.2) is 42.6 Å². The third-order valence-electron chi connectivity index (χ3n) is 3.04. The normalized spacial score (nSPS) is 10.0. The number of pyridine rings is 1. The zero-order chi connectivity index (χ0) is 15.1. The summed E-state index contributed by atoms with van der Waals surface area (Å²) >= 11 is 0. The van der Waals surface area contributed by atoms with Crippen LogP contribution in [-0.2, 0) is 17.8 Å². The number of carbonyl (C=O) groups excluding carboxylic acids is 1. The maximum atomic E-state index is 12.0. The molecule has 2 aromatic rings. The first-order chi connectivity index (χ1) is 10.2. The van der Waals surface area contributed by atoms with Gasteiger partial charge in [-0.15, -0.1) is 0 Å². The lowest BCUT2D eigenvalue weighted by Crippen LogP contribution is -2.25. The molecule has 21 heavy (non-hydrogen) atoms. The third-order valence-corrected chi connectivity index (χ3v) is 3.04. The van der Waals surface area contributed by atoms with Crippen molar-refractivity contribution in [2.75, 3.05) is 14.2 Å². The minimum Gasteiger partial charge on any atom is -0.497 e. The zero-order valence-corrected chi connectivity index (χ0v) is 12.1.